The van der Waals surface area contributed by atoms with E-state index in [1.54, 1.807) is 29.1 Å². The molecule has 0 fully saturated rings. The fourth-order valence-electron chi connectivity index (χ4n) is 2.59. The predicted molar refractivity (Wildman–Crippen MR) is 96.2 cm³/mol. The number of ether oxygens (including phenoxy) is 1. The van der Waals surface area contributed by atoms with E-state index in [9.17, 15) is 9.18 Å². The molecule has 3 aromatic heterocycles. The first-order valence-corrected chi connectivity index (χ1v) is 8.88. The molecule has 4 rings (SSSR count). The minimum absolute atomic E-state index is 0.319. The lowest BCUT2D eigenvalue weighted by Gasteiger charge is -2.04. The van der Waals surface area contributed by atoms with E-state index in [-0.39, 0.29) is 5.82 Å². The van der Waals surface area contributed by atoms with Crippen LogP contribution in [0.1, 0.15) is 16.1 Å². The van der Waals surface area contributed by atoms with Gasteiger partial charge in [-0.1, -0.05) is 11.8 Å². The smallest absolute Gasteiger partial charge is 0.341 e. The summed E-state index contributed by atoms with van der Waals surface area (Å²) in [5, 5.41) is 5.78. The van der Waals surface area contributed by atoms with E-state index in [2.05, 4.69) is 15.1 Å². The lowest BCUT2D eigenvalue weighted by Crippen LogP contribution is -2.02. The molecule has 0 amide bonds. The number of methoxy groups -OCH3 is 1. The zero-order chi connectivity index (χ0) is 18.8. The second-order valence-corrected chi connectivity index (χ2v) is 6.45. The van der Waals surface area contributed by atoms with Crippen LogP contribution in [0.4, 0.5) is 4.39 Å². The van der Waals surface area contributed by atoms with E-state index < -0.39 is 5.97 Å². The van der Waals surface area contributed by atoms with Crippen LogP contribution in [0.25, 0.3) is 16.7 Å². The van der Waals surface area contributed by atoms with Crippen LogP contribution < -0.4 is 0 Å². The van der Waals surface area contributed by atoms with Gasteiger partial charge in [-0.25, -0.2) is 23.8 Å². The van der Waals surface area contributed by atoms with Crippen molar-refractivity contribution in [1.82, 2.24) is 19.7 Å². The van der Waals surface area contributed by atoms with Crippen LogP contribution in [0.15, 0.2) is 58.6 Å². The maximum Gasteiger partial charge on any atom is 0.341 e. The molecule has 9 heteroatoms. The molecule has 0 aliphatic rings. The molecule has 136 valence electrons. The van der Waals surface area contributed by atoms with Crippen molar-refractivity contribution >= 4 is 28.8 Å². The lowest BCUT2D eigenvalue weighted by atomic mass is 10.3. The van der Waals surface area contributed by atoms with Crippen molar-refractivity contribution in [2.75, 3.05) is 7.11 Å². The highest BCUT2D eigenvalue weighted by molar-refractivity contribution is 7.98. The Morgan fingerprint density at radius 2 is 2.07 bits per heavy atom. The topological polar surface area (TPSA) is 83.0 Å². The van der Waals surface area contributed by atoms with Crippen molar-refractivity contribution in [2.24, 2.45) is 0 Å². The van der Waals surface area contributed by atoms with Crippen LogP contribution >= 0.6 is 11.8 Å². The molecular formula is C18H13FN4O3S. The zero-order valence-corrected chi connectivity index (χ0v) is 14.9. The molecule has 0 aliphatic heterocycles. The highest BCUT2D eigenvalue weighted by atomic mass is 32.2. The third kappa shape index (κ3) is 3.28. The SMILES string of the molecule is COC(=O)c1ccoc1CSc1ncnc2c1cnn2-c1ccc(F)cc1. The van der Waals surface area contributed by atoms with Gasteiger partial charge in [-0.2, -0.15) is 5.10 Å². The molecule has 0 saturated carbocycles. The van der Waals surface area contributed by atoms with Gasteiger partial charge in [-0.15, -0.1) is 0 Å². The van der Waals surface area contributed by atoms with Gasteiger partial charge in [-0.3, -0.25) is 0 Å². The van der Waals surface area contributed by atoms with E-state index in [1.807, 2.05) is 0 Å². The van der Waals surface area contributed by atoms with Crippen molar-refractivity contribution < 1.29 is 18.3 Å². The van der Waals surface area contributed by atoms with Crippen LogP contribution in [-0.4, -0.2) is 32.8 Å². The van der Waals surface area contributed by atoms with Gasteiger partial charge in [0.25, 0.3) is 0 Å². The Kier molecular flexibility index (Phi) is 4.59. The molecule has 4 aromatic rings. The van der Waals surface area contributed by atoms with Gasteiger partial charge in [0.15, 0.2) is 5.65 Å². The number of furan rings is 1. The number of thioether (sulfide) groups is 1. The lowest BCUT2D eigenvalue weighted by molar-refractivity contribution is 0.0598. The molecular weight excluding hydrogens is 371 g/mol. The number of rotatable bonds is 5. The van der Waals surface area contributed by atoms with Crippen LogP contribution in [0, 0.1) is 5.82 Å². The van der Waals surface area contributed by atoms with E-state index in [0.29, 0.717) is 33.4 Å². The molecule has 0 saturated heterocycles. The molecule has 1 aromatic carbocycles. The number of aromatic nitrogens is 4. The molecule has 3 heterocycles. The van der Waals surface area contributed by atoms with Crippen molar-refractivity contribution in [3.05, 3.63) is 66.3 Å². The van der Waals surface area contributed by atoms with Gasteiger partial charge in [0.05, 0.1) is 36.4 Å². The summed E-state index contributed by atoms with van der Waals surface area (Å²) in [5.41, 5.74) is 1.68. The van der Waals surface area contributed by atoms with Crippen molar-refractivity contribution in [3.63, 3.8) is 0 Å². The van der Waals surface area contributed by atoms with Gasteiger partial charge in [0.1, 0.15) is 28.5 Å². The Bertz CT molecular complexity index is 1110. The number of nitrogens with zero attached hydrogens (tertiary/aromatic N) is 4. The van der Waals surface area contributed by atoms with Crippen LogP contribution in [0.5, 0.6) is 0 Å². The first-order chi connectivity index (χ1) is 13.2. The fourth-order valence-corrected chi connectivity index (χ4v) is 3.50. The van der Waals surface area contributed by atoms with Crippen LogP contribution in [0.3, 0.4) is 0 Å². The fraction of sp³-hybridized carbons (Fsp3) is 0.111. The third-order valence-electron chi connectivity index (χ3n) is 3.89. The highest BCUT2D eigenvalue weighted by Gasteiger charge is 2.17. The number of fused-ring (bicyclic) bond motifs is 1. The van der Waals surface area contributed by atoms with Crippen molar-refractivity contribution in [3.8, 4) is 5.69 Å². The monoisotopic (exact) mass is 384 g/mol. The Morgan fingerprint density at radius 1 is 1.26 bits per heavy atom. The van der Waals surface area contributed by atoms with E-state index >= 15 is 0 Å². The molecule has 7 nitrogen and oxygen atoms in total. The van der Waals surface area contributed by atoms with Crippen LogP contribution in [0.2, 0.25) is 0 Å². The molecule has 27 heavy (non-hydrogen) atoms. The van der Waals surface area contributed by atoms with Gasteiger partial charge in [-0.05, 0) is 30.3 Å². The number of hydrogen-bond acceptors (Lipinski definition) is 7. The van der Waals surface area contributed by atoms with Gasteiger partial charge in [0, 0.05) is 0 Å². The number of halogens is 1. The maximum absolute atomic E-state index is 13.2. The zero-order valence-electron chi connectivity index (χ0n) is 14.1. The average molecular weight is 384 g/mol. The summed E-state index contributed by atoms with van der Waals surface area (Å²) in [6, 6.07) is 7.56. The highest BCUT2D eigenvalue weighted by Crippen LogP contribution is 2.29. The molecule has 0 unspecified atom stereocenters. The maximum atomic E-state index is 13.2. The summed E-state index contributed by atoms with van der Waals surface area (Å²) in [6.45, 7) is 0. The number of carbonyl (C=O) groups excluding carboxylic acids is 1. The van der Waals surface area contributed by atoms with Gasteiger partial charge in [0.2, 0.25) is 0 Å². The van der Waals surface area contributed by atoms with Crippen molar-refractivity contribution in [1.29, 1.82) is 0 Å². The Balaban J connectivity index is 1.63. The van der Waals surface area contributed by atoms with E-state index in [0.717, 1.165) is 5.39 Å². The first-order valence-electron chi connectivity index (χ1n) is 7.89. The van der Waals surface area contributed by atoms with Crippen molar-refractivity contribution in [2.45, 2.75) is 10.8 Å². The minimum Gasteiger partial charge on any atom is -0.468 e. The predicted octanol–water partition coefficient (Wildman–Crippen LogP) is 3.63. The third-order valence-corrected chi connectivity index (χ3v) is 4.90. The standard InChI is InChI=1S/C18H13FN4O3S/c1-25-18(24)13-6-7-26-15(13)9-27-17-14-8-22-23(16(14)20-10-21-17)12-4-2-11(19)3-5-12/h2-8,10H,9H2,1H3. The summed E-state index contributed by atoms with van der Waals surface area (Å²) in [7, 11) is 1.32. The Morgan fingerprint density at radius 3 is 2.85 bits per heavy atom. The summed E-state index contributed by atoms with van der Waals surface area (Å²) in [6.07, 6.45) is 4.55. The van der Waals surface area contributed by atoms with E-state index in [1.165, 1.54) is 43.6 Å². The molecule has 0 spiro atoms. The summed E-state index contributed by atoms with van der Waals surface area (Å²) < 4.78 is 24.9. The Hall–Kier alpha value is -3.20. The second kappa shape index (κ2) is 7.20. The minimum atomic E-state index is -0.448. The van der Waals surface area contributed by atoms with E-state index in [4.69, 9.17) is 9.15 Å². The average Bonchev–Trinajstić information content (AvgIpc) is 3.33. The number of carbonyl (C=O) groups is 1. The second-order valence-electron chi connectivity index (χ2n) is 5.49. The summed E-state index contributed by atoms with van der Waals surface area (Å²) in [5.74, 6) is 0.132. The molecule has 0 bridgehead atoms. The van der Waals surface area contributed by atoms with Crippen LogP contribution in [-0.2, 0) is 10.5 Å². The van der Waals surface area contributed by atoms with Gasteiger partial charge >= 0.3 is 5.97 Å². The van der Waals surface area contributed by atoms with Gasteiger partial charge < -0.3 is 9.15 Å². The summed E-state index contributed by atoms with van der Waals surface area (Å²) in [4.78, 5) is 20.3. The number of esters is 1. The summed E-state index contributed by atoms with van der Waals surface area (Å²) >= 11 is 1.39. The normalized spacial score (nSPS) is 11.0. The number of benzene rings is 1. The molecule has 0 radical (unpaired) electrons. The number of hydrogen-bond donors (Lipinski definition) is 0. The first kappa shape index (κ1) is 17.2. The quantitative estimate of drug-likeness (QED) is 0.295. The molecule has 0 aliphatic carbocycles. The Labute approximate surface area is 157 Å². The largest absolute Gasteiger partial charge is 0.468 e. The molecule has 0 atom stereocenters. The molecule has 0 N–H and O–H groups in total.